The Morgan fingerprint density at radius 2 is 2.50 bits per heavy atom. The van der Waals surface area contributed by atoms with Crippen molar-refractivity contribution in [2.75, 3.05) is 18.4 Å². The van der Waals surface area contributed by atoms with E-state index >= 15 is 0 Å². The predicted octanol–water partition coefficient (Wildman–Crippen LogP) is 1.38. The molecule has 0 aromatic heterocycles. The Bertz CT molecular complexity index is 76.6. The molecule has 0 amide bonds. The minimum atomic E-state index is 0.542. The Morgan fingerprint density at radius 1 is 1.75 bits per heavy atom. The van der Waals surface area contributed by atoms with Gasteiger partial charge in [-0.25, -0.2) is 0 Å². The maximum absolute atomic E-state index is 3.49. The molecule has 1 nitrogen and oxygen atoms in total. The van der Waals surface area contributed by atoms with E-state index in [2.05, 4.69) is 28.2 Å². The van der Waals surface area contributed by atoms with Crippen LogP contribution in [-0.4, -0.2) is 18.4 Å². The molecule has 1 fully saturated rings. The van der Waals surface area contributed by atoms with Crippen LogP contribution in [0.2, 0.25) is 0 Å². The first-order chi connectivity index (χ1) is 3.77. The van der Waals surface area contributed by atoms with Crippen molar-refractivity contribution in [1.29, 1.82) is 0 Å². The Hall–Kier alpha value is 0.440. The molecule has 1 heterocycles. The van der Waals surface area contributed by atoms with Crippen LogP contribution in [0.25, 0.3) is 0 Å². The molecule has 0 aromatic carbocycles. The summed E-state index contributed by atoms with van der Waals surface area (Å²) >= 11 is 3.49. The summed E-state index contributed by atoms with van der Waals surface area (Å²) in [6, 6.07) is 0. The molecule has 0 bridgehead atoms. The van der Waals surface area contributed by atoms with Gasteiger partial charge in [-0.1, -0.05) is 22.9 Å². The highest BCUT2D eigenvalue weighted by Crippen LogP contribution is 2.25. The van der Waals surface area contributed by atoms with E-state index in [1.54, 1.807) is 0 Å². The number of alkyl halides is 1. The summed E-state index contributed by atoms with van der Waals surface area (Å²) in [4.78, 5) is 0. The fourth-order valence-electron chi connectivity index (χ4n) is 0.983. The van der Waals surface area contributed by atoms with Gasteiger partial charge < -0.3 is 5.32 Å². The van der Waals surface area contributed by atoms with E-state index in [4.69, 9.17) is 0 Å². The molecule has 0 radical (unpaired) electrons. The Labute approximate surface area is 59.0 Å². The van der Waals surface area contributed by atoms with Crippen molar-refractivity contribution in [3.8, 4) is 0 Å². The van der Waals surface area contributed by atoms with Crippen molar-refractivity contribution in [2.24, 2.45) is 5.41 Å². The average Bonchev–Trinajstić information content (AvgIpc) is 2.17. The molecule has 2 heteroatoms. The van der Waals surface area contributed by atoms with Crippen LogP contribution in [0.3, 0.4) is 0 Å². The lowest BCUT2D eigenvalue weighted by atomic mass is 9.93. The molecule has 0 aromatic rings. The van der Waals surface area contributed by atoms with Crippen molar-refractivity contribution >= 4 is 15.9 Å². The molecular formula is C6H12BrN. The normalized spacial score (nSPS) is 38.2. The fraction of sp³-hybridized carbons (Fsp3) is 1.00. The van der Waals surface area contributed by atoms with Gasteiger partial charge in [0.25, 0.3) is 0 Å². The highest BCUT2D eigenvalue weighted by molar-refractivity contribution is 9.09. The monoisotopic (exact) mass is 177 g/mol. The van der Waals surface area contributed by atoms with E-state index in [1.807, 2.05) is 0 Å². The molecular weight excluding hydrogens is 166 g/mol. The molecule has 1 N–H and O–H groups in total. The predicted molar refractivity (Wildman–Crippen MR) is 39.4 cm³/mol. The summed E-state index contributed by atoms with van der Waals surface area (Å²) in [5.74, 6) is 0. The lowest BCUT2D eigenvalue weighted by molar-refractivity contribution is 0.427. The van der Waals surface area contributed by atoms with E-state index < -0.39 is 0 Å². The van der Waals surface area contributed by atoms with Crippen LogP contribution in [0.5, 0.6) is 0 Å². The third-order valence-corrected chi connectivity index (χ3v) is 3.13. The summed E-state index contributed by atoms with van der Waals surface area (Å²) in [5, 5.41) is 4.47. The Morgan fingerprint density at radius 3 is 2.75 bits per heavy atom. The molecule has 48 valence electrons. The van der Waals surface area contributed by atoms with Crippen LogP contribution in [-0.2, 0) is 0 Å². The second-order valence-electron chi connectivity index (χ2n) is 2.87. The van der Waals surface area contributed by atoms with Gasteiger partial charge in [0.05, 0.1) is 0 Å². The number of halogens is 1. The SMILES string of the molecule is C[C@]1(CBr)CCNC1. The highest BCUT2D eigenvalue weighted by Gasteiger charge is 2.26. The van der Waals surface area contributed by atoms with Crippen molar-refractivity contribution in [3.05, 3.63) is 0 Å². The third kappa shape index (κ3) is 1.23. The number of hydrogen-bond donors (Lipinski definition) is 1. The van der Waals surface area contributed by atoms with E-state index in [9.17, 15) is 0 Å². The van der Waals surface area contributed by atoms with Crippen molar-refractivity contribution in [3.63, 3.8) is 0 Å². The van der Waals surface area contributed by atoms with Gasteiger partial charge in [-0.05, 0) is 18.4 Å². The molecule has 0 saturated carbocycles. The zero-order valence-electron chi connectivity index (χ0n) is 5.21. The number of nitrogens with one attached hydrogen (secondary N) is 1. The zero-order valence-corrected chi connectivity index (χ0v) is 6.79. The smallest absolute Gasteiger partial charge is 0.00979 e. The van der Waals surface area contributed by atoms with Crippen LogP contribution in [0.4, 0.5) is 0 Å². The fourth-order valence-corrected chi connectivity index (χ4v) is 1.46. The van der Waals surface area contributed by atoms with Crippen molar-refractivity contribution in [2.45, 2.75) is 13.3 Å². The molecule has 0 unspecified atom stereocenters. The van der Waals surface area contributed by atoms with Gasteiger partial charge in [-0.3, -0.25) is 0 Å². The Balaban J connectivity index is 2.40. The van der Waals surface area contributed by atoms with Gasteiger partial charge in [-0.15, -0.1) is 0 Å². The van der Waals surface area contributed by atoms with Crippen molar-refractivity contribution in [1.82, 2.24) is 5.32 Å². The number of hydrogen-bond acceptors (Lipinski definition) is 1. The zero-order chi connectivity index (χ0) is 6.04. The summed E-state index contributed by atoms with van der Waals surface area (Å²) in [6.07, 6.45) is 1.32. The van der Waals surface area contributed by atoms with E-state index in [-0.39, 0.29) is 0 Å². The van der Waals surface area contributed by atoms with E-state index in [0.29, 0.717) is 5.41 Å². The first-order valence-corrected chi connectivity index (χ1v) is 4.16. The second-order valence-corrected chi connectivity index (χ2v) is 3.43. The summed E-state index contributed by atoms with van der Waals surface area (Å²) in [5.41, 5.74) is 0.542. The lowest BCUT2D eigenvalue weighted by Gasteiger charge is -2.17. The maximum Gasteiger partial charge on any atom is 0.00979 e. The van der Waals surface area contributed by atoms with Gasteiger partial charge in [0.1, 0.15) is 0 Å². The molecule has 0 spiro atoms. The molecule has 1 saturated heterocycles. The summed E-state index contributed by atoms with van der Waals surface area (Å²) < 4.78 is 0. The second kappa shape index (κ2) is 2.36. The standard InChI is InChI=1S/C6H12BrN/c1-6(4-7)2-3-8-5-6/h8H,2-5H2,1H3/t6-/m1/s1. The van der Waals surface area contributed by atoms with Crippen LogP contribution in [0, 0.1) is 5.41 Å². The quantitative estimate of drug-likeness (QED) is 0.598. The summed E-state index contributed by atoms with van der Waals surface area (Å²) in [7, 11) is 0. The third-order valence-electron chi connectivity index (χ3n) is 1.78. The van der Waals surface area contributed by atoms with Crippen LogP contribution in [0.15, 0.2) is 0 Å². The number of rotatable bonds is 1. The first kappa shape index (κ1) is 6.56. The molecule has 1 aliphatic rings. The molecule has 1 rings (SSSR count). The summed E-state index contributed by atoms with van der Waals surface area (Å²) in [6.45, 7) is 4.68. The van der Waals surface area contributed by atoms with Crippen LogP contribution in [0.1, 0.15) is 13.3 Å². The van der Waals surface area contributed by atoms with E-state index in [1.165, 1.54) is 19.5 Å². The lowest BCUT2D eigenvalue weighted by Crippen LogP contribution is -2.21. The first-order valence-electron chi connectivity index (χ1n) is 3.04. The molecule has 0 aliphatic carbocycles. The minimum Gasteiger partial charge on any atom is -0.316 e. The van der Waals surface area contributed by atoms with Gasteiger partial charge in [0, 0.05) is 11.9 Å². The average molecular weight is 178 g/mol. The highest BCUT2D eigenvalue weighted by atomic mass is 79.9. The van der Waals surface area contributed by atoms with Crippen LogP contribution >= 0.6 is 15.9 Å². The van der Waals surface area contributed by atoms with Gasteiger partial charge in [0.2, 0.25) is 0 Å². The van der Waals surface area contributed by atoms with E-state index in [0.717, 1.165) is 5.33 Å². The van der Waals surface area contributed by atoms with Gasteiger partial charge in [0.15, 0.2) is 0 Å². The molecule has 8 heavy (non-hydrogen) atoms. The van der Waals surface area contributed by atoms with Gasteiger partial charge in [-0.2, -0.15) is 0 Å². The largest absolute Gasteiger partial charge is 0.316 e. The van der Waals surface area contributed by atoms with Crippen molar-refractivity contribution < 1.29 is 0 Å². The topological polar surface area (TPSA) is 12.0 Å². The van der Waals surface area contributed by atoms with Crippen LogP contribution < -0.4 is 5.32 Å². The maximum atomic E-state index is 3.49. The van der Waals surface area contributed by atoms with Gasteiger partial charge >= 0.3 is 0 Å². The molecule has 1 atom stereocenters. The molecule has 1 aliphatic heterocycles. The minimum absolute atomic E-state index is 0.542. The Kier molecular flexibility index (Phi) is 1.93.